The fourth-order valence-electron chi connectivity index (χ4n) is 4.83. The van der Waals surface area contributed by atoms with Crippen LogP contribution in [0.5, 0.6) is 0 Å². The molecule has 0 aliphatic heterocycles. The number of rotatable bonds is 8. The van der Waals surface area contributed by atoms with E-state index in [4.69, 9.17) is 10.3 Å². The minimum atomic E-state index is -4.02. The molecule has 6 N–H and O–H groups in total. The monoisotopic (exact) mass is 674 g/mol. The average Bonchev–Trinajstić information content (AvgIpc) is 3.08. The lowest BCUT2D eigenvalue weighted by molar-refractivity contribution is -0.671. The lowest BCUT2D eigenvalue weighted by atomic mass is 10.1. The first-order chi connectivity index (χ1) is 23.4. The van der Waals surface area contributed by atoms with Gasteiger partial charge in [-0.3, -0.25) is 9.35 Å². The highest BCUT2D eigenvalue weighted by molar-refractivity contribution is 7.85. The molecule has 10 nitrogen and oxygen atoms in total. The van der Waals surface area contributed by atoms with Crippen molar-refractivity contribution < 1.29 is 26.9 Å². The molecule has 11 heteroatoms. The van der Waals surface area contributed by atoms with E-state index in [1.54, 1.807) is 18.2 Å². The van der Waals surface area contributed by atoms with Crippen LogP contribution >= 0.6 is 0 Å². The van der Waals surface area contributed by atoms with Gasteiger partial charge in [0.1, 0.15) is 14.1 Å². The number of carbonyl (C=O) groups is 1. The van der Waals surface area contributed by atoms with E-state index in [1.165, 1.54) is 18.2 Å². The summed E-state index contributed by atoms with van der Waals surface area (Å²) in [5.74, 6) is -0.190. The zero-order chi connectivity index (χ0) is 35.0. The van der Waals surface area contributed by atoms with Crippen LogP contribution in [0.25, 0.3) is 17.0 Å². The van der Waals surface area contributed by atoms with E-state index in [0.717, 1.165) is 56.2 Å². The first-order valence-electron chi connectivity index (χ1n) is 15.3. The predicted molar refractivity (Wildman–Crippen MR) is 195 cm³/mol. The number of aryl methyl sites for hydroxylation is 3. The highest BCUT2D eigenvalue weighted by atomic mass is 32.2. The molecule has 49 heavy (non-hydrogen) atoms. The lowest BCUT2D eigenvalue weighted by Gasteiger charge is -2.09. The number of nitrogens with one attached hydrogen (secondary N) is 3. The summed E-state index contributed by atoms with van der Waals surface area (Å²) in [6.45, 7) is 1.84. The minimum absolute atomic E-state index is 0.0666. The summed E-state index contributed by atoms with van der Waals surface area (Å²) in [7, 11) is -0.0291. The lowest BCUT2D eigenvalue weighted by Crippen LogP contribution is -2.28. The van der Waals surface area contributed by atoms with Crippen LogP contribution in [0.3, 0.4) is 0 Å². The Morgan fingerprint density at radius 3 is 1.98 bits per heavy atom. The second-order valence-electron chi connectivity index (χ2n) is 11.4. The van der Waals surface area contributed by atoms with Crippen molar-refractivity contribution in [3.8, 4) is 0 Å². The molecule has 0 saturated carbocycles. The molecule has 0 fully saturated rings. The summed E-state index contributed by atoms with van der Waals surface area (Å²) in [5, 5.41) is 10.8. The average molecular weight is 675 g/mol. The number of pyridine rings is 2. The Labute approximate surface area is 285 Å². The highest BCUT2D eigenvalue weighted by Crippen LogP contribution is 2.26. The maximum atomic E-state index is 12.4. The molecule has 0 radical (unpaired) electrons. The maximum Gasteiger partial charge on any atom is 0.294 e. The molecule has 6 rings (SSSR count). The SMILES string of the molecule is C[n+]1ccc(Nc2ccc(NC(=O)/C=C/c3ccc(Nc4cc[n+](C)c5ccc(N)cc45)cc3)cc2)cc1.Cc1ccc(S(=O)(=O)O)cc1. The van der Waals surface area contributed by atoms with Gasteiger partial charge in [-0.25, -0.2) is 9.13 Å². The molecule has 0 unspecified atom stereocenters. The van der Waals surface area contributed by atoms with Crippen LogP contribution < -0.4 is 30.8 Å². The second kappa shape index (κ2) is 15.2. The Hall–Kier alpha value is -6.04. The smallest absolute Gasteiger partial charge is 0.294 e. The van der Waals surface area contributed by atoms with E-state index >= 15 is 0 Å². The van der Waals surface area contributed by atoms with Gasteiger partial charge in [0, 0.05) is 53.1 Å². The van der Waals surface area contributed by atoms with E-state index in [0.29, 0.717) is 0 Å². The third-order valence-electron chi connectivity index (χ3n) is 7.51. The summed E-state index contributed by atoms with van der Waals surface area (Å²) in [6.07, 6.45) is 9.31. The largest absolute Gasteiger partial charge is 0.399 e. The van der Waals surface area contributed by atoms with Crippen LogP contribution in [0.2, 0.25) is 0 Å². The topological polar surface area (TPSA) is 141 Å². The fourth-order valence-corrected chi connectivity index (χ4v) is 5.31. The summed E-state index contributed by atoms with van der Waals surface area (Å²) in [4.78, 5) is 12.4. The van der Waals surface area contributed by atoms with Crippen LogP contribution in [-0.4, -0.2) is 18.9 Å². The number of fused-ring (bicyclic) bond motifs is 1. The van der Waals surface area contributed by atoms with E-state index < -0.39 is 10.1 Å². The van der Waals surface area contributed by atoms with E-state index in [1.807, 2.05) is 129 Å². The highest BCUT2D eigenvalue weighted by Gasteiger charge is 2.11. The van der Waals surface area contributed by atoms with Crippen molar-refractivity contribution in [3.63, 3.8) is 0 Å². The standard InChI is InChI=1S/C31H28N6O.C7H8O3S/c1-36-18-15-27(16-19-36)33-24-9-11-26(12-10-24)35-31(38)14-5-22-3-7-25(8-4-22)34-29-17-20-37(2)30-13-6-23(32)21-28(29)30;1-6-2-4-7(5-3-6)11(8,9)10/h3-21H,32H2,1-2H3,(H,35,38);2-5H,1H3,(H,8,9,10)/p+2/b14-5+;. The Balaban J connectivity index is 0.000000363. The number of hydrogen-bond donors (Lipinski definition) is 5. The van der Waals surface area contributed by atoms with Gasteiger partial charge in [-0.1, -0.05) is 29.8 Å². The van der Waals surface area contributed by atoms with Crippen molar-refractivity contribution in [2.75, 3.05) is 21.7 Å². The van der Waals surface area contributed by atoms with E-state index in [9.17, 15) is 13.2 Å². The van der Waals surface area contributed by atoms with E-state index in [2.05, 4.69) is 20.5 Å². The second-order valence-corrected chi connectivity index (χ2v) is 12.9. The number of nitrogens with zero attached hydrogens (tertiary/aromatic N) is 2. The normalized spacial score (nSPS) is 11.1. The van der Waals surface area contributed by atoms with Gasteiger partial charge >= 0.3 is 0 Å². The Morgan fingerprint density at radius 2 is 1.33 bits per heavy atom. The molecule has 1 amide bonds. The summed E-state index contributed by atoms with van der Waals surface area (Å²) in [6, 6.07) is 33.4. The summed E-state index contributed by atoms with van der Waals surface area (Å²) in [5.41, 5.74) is 14.3. The number of nitrogen functional groups attached to an aromatic ring is 1. The first-order valence-corrected chi connectivity index (χ1v) is 16.8. The van der Waals surface area contributed by atoms with Gasteiger partial charge in [-0.15, -0.1) is 0 Å². The van der Waals surface area contributed by atoms with Gasteiger partial charge in [0.2, 0.25) is 11.4 Å². The number of benzene rings is 4. The van der Waals surface area contributed by atoms with Crippen molar-refractivity contribution >= 4 is 67.1 Å². The maximum absolute atomic E-state index is 12.4. The molecule has 0 aliphatic carbocycles. The van der Waals surface area contributed by atoms with Crippen LogP contribution in [0.1, 0.15) is 11.1 Å². The first kappa shape index (κ1) is 34.3. The molecule has 0 spiro atoms. The fraction of sp³-hybridized carbons (Fsp3) is 0.0789. The Morgan fingerprint density at radius 1 is 0.735 bits per heavy atom. The molecule has 248 valence electrons. The number of nitrogens with two attached hydrogens (primary N) is 1. The van der Waals surface area contributed by atoms with Gasteiger partial charge < -0.3 is 21.7 Å². The van der Waals surface area contributed by atoms with Gasteiger partial charge in [0.15, 0.2) is 18.6 Å². The van der Waals surface area contributed by atoms with Crippen LogP contribution in [0.4, 0.5) is 34.1 Å². The summed E-state index contributed by atoms with van der Waals surface area (Å²) >= 11 is 0. The molecule has 0 bridgehead atoms. The molecule has 0 saturated heterocycles. The molecular weight excluding hydrogens is 637 g/mol. The number of amides is 1. The van der Waals surface area contributed by atoms with Crippen molar-refractivity contribution in [1.29, 1.82) is 0 Å². The van der Waals surface area contributed by atoms with Crippen LogP contribution in [0, 0.1) is 6.92 Å². The van der Waals surface area contributed by atoms with Crippen molar-refractivity contribution in [2.24, 2.45) is 14.1 Å². The van der Waals surface area contributed by atoms with Crippen molar-refractivity contribution in [2.45, 2.75) is 11.8 Å². The minimum Gasteiger partial charge on any atom is -0.399 e. The Kier molecular flexibility index (Phi) is 10.7. The zero-order valence-electron chi connectivity index (χ0n) is 27.3. The molecule has 2 aromatic heterocycles. The molecule has 6 aromatic rings. The van der Waals surface area contributed by atoms with Gasteiger partial charge in [0.05, 0.1) is 21.7 Å². The number of aromatic nitrogens is 2. The quantitative estimate of drug-likeness (QED) is 0.0541. The van der Waals surface area contributed by atoms with Crippen molar-refractivity contribution in [1.82, 2.24) is 0 Å². The zero-order valence-corrected chi connectivity index (χ0v) is 28.1. The Bertz CT molecular complexity index is 2200. The van der Waals surface area contributed by atoms with Crippen molar-refractivity contribution in [3.05, 3.63) is 145 Å². The molecule has 2 heterocycles. The molecular formula is C38H38N6O4S+2. The molecule has 4 aromatic carbocycles. The third-order valence-corrected chi connectivity index (χ3v) is 8.38. The summed E-state index contributed by atoms with van der Waals surface area (Å²) < 4.78 is 33.6. The number of anilines is 6. The number of carbonyl (C=O) groups excluding carboxylic acids is 1. The van der Waals surface area contributed by atoms with Crippen LogP contribution in [-0.2, 0) is 29.0 Å². The number of hydrogen-bond acceptors (Lipinski definition) is 6. The van der Waals surface area contributed by atoms with E-state index in [-0.39, 0.29) is 10.8 Å². The van der Waals surface area contributed by atoms with Gasteiger partial charge in [0.25, 0.3) is 10.1 Å². The van der Waals surface area contributed by atoms with Gasteiger partial charge in [-0.05, 0) is 79.2 Å². The van der Waals surface area contributed by atoms with Crippen LogP contribution in [0.15, 0.2) is 139 Å². The molecule has 0 atom stereocenters. The predicted octanol–water partition coefficient (Wildman–Crippen LogP) is 6.45. The van der Waals surface area contributed by atoms with Gasteiger partial charge in [-0.2, -0.15) is 8.42 Å². The molecule has 0 aliphatic rings. The third kappa shape index (κ3) is 9.74.